The molecule has 0 saturated carbocycles. The number of nitrogens with one attached hydrogen (secondary N) is 1. The van der Waals surface area contributed by atoms with Crippen molar-refractivity contribution in [3.8, 4) is 5.75 Å². The molecule has 146 valence electrons. The summed E-state index contributed by atoms with van der Waals surface area (Å²) in [6.45, 7) is 2.63. The van der Waals surface area contributed by atoms with Gasteiger partial charge in [-0.25, -0.2) is 0 Å². The van der Waals surface area contributed by atoms with Crippen molar-refractivity contribution in [2.24, 2.45) is 0 Å². The Morgan fingerprint density at radius 1 is 1.11 bits per heavy atom. The summed E-state index contributed by atoms with van der Waals surface area (Å²) in [6.07, 6.45) is 3.65. The number of amides is 1. The molecular formula is C21H28ClN3O2. The number of nitrogen functional groups attached to an aromatic ring is 1. The van der Waals surface area contributed by atoms with Gasteiger partial charge in [-0.2, -0.15) is 0 Å². The van der Waals surface area contributed by atoms with Crippen molar-refractivity contribution < 1.29 is 9.53 Å². The Morgan fingerprint density at radius 3 is 2.44 bits per heavy atom. The molecule has 1 aliphatic heterocycles. The van der Waals surface area contributed by atoms with E-state index in [1.54, 1.807) is 31.4 Å². The fourth-order valence-corrected chi connectivity index (χ4v) is 3.53. The normalized spacial score (nSPS) is 15.4. The van der Waals surface area contributed by atoms with E-state index in [2.05, 4.69) is 16.3 Å². The standard InChI is InChI=1S/C21H27N3O2.ClH/c1-26-20-8-4-3-7-18(20)19(24-13-5-2-6-14-24)15-23-21(25)16-9-11-17(22)12-10-16;/h3-4,7-12,19H,2,5-6,13-15,22H2,1H3,(H,23,25);1H. The third-order valence-corrected chi connectivity index (χ3v) is 4.96. The number of benzene rings is 2. The van der Waals surface area contributed by atoms with Crippen LogP contribution in [0.25, 0.3) is 0 Å². The van der Waals surface area contributed by atoms with Crippen molar-refractivity contribution in [1.82, 2.24) is 10.2 Å². The molecule has 27 heavy (non-hydrogen) atoms. The molecule has 0 aromatic heterocycles. The summed E-state index contributed by atoms with van der Waals surface area (Å²) >= 11 is 0. The van der Waals surface area contributed by atoms with Crippen LogP contribution in [0.5, 0.6) is 5.75 Å². The fraction of sp³-hybridized carbons (Fsp3) is 0.381. The maximum atomic E-state index is 12.5. The van der Waals surface area contributed by atoms with Crippen molar-refractivity contribution in [3.05, 3.63) is 59.7 Å². The van der Waals surface area contributed by atoms with Gasteiger partial charge in [0.2, 0.25) is 0 Å². The van der Waals surface area contributed by atoms with Crippen LogP contribution in [0, 0.1) is 0 Å². The molecule has 2 aromatic carbocycles. The SMILES string of the molecule is COc1ccccc1C(CNC(=O)c1ccc(N)cc1)N1CCCCC1.Cl. The zero-order valence-corrected chi connectivity index (χ0v) is 16.5. The van der Waals surface area contributed by atoms with Gasteiger partial charge in [0.15, 0.2) is 0 Å². The zero-order chi connectivity index (χ0) is 18.4. The first-order chi connectivity index (χ1) is 12.7. The van der Waals surface area contributed by atoms with E-state index in [-0.39, 0.29) is 24.4 Å². The minimum atomic E-state index is -0.0816. The van der Waals surface area contributed by atoms with Crippen LogP contribution < -0.4 is 15.8 Å². The number of rotatable bonds is 6. The topological polar surface area (TPSA) is 67.6 Å². The van der Waals surface area contributed by atoms with E-state index in [1.807, 2.05) is 18.2 Å². The molecule has 0 radical (unpaired) electrons. The van der Waals surface area contributed by atoms with E-state index < -0.39 is 0 Å². The van der Waals surface area contributed by atoms with Gasteiger partial charge in [0, 0.05) is 23.4 Å². The second-order valence-corrected chi connectivity index (χ2v) is 6.69. The monoisotopic (exact) mass is 389 g/mol. The highest BCUT2D eigenvalue weighted by atomic mass is 35.5. The highest BCUT2D eigenvalue weighted by Crippen LogP contribution is 2.30. The number of carbonyl (C=O) groups excluding carboxylic acids is 1. The smallest absolute Gasteiger partial charge is 0.251 e. The average molecular weight is 390 g/mol. The van der Waals surface area contributed by atoms with E-state index in [0.29, 0.717) is 17.8 Å². The Hall–Kier alpha value is -2.24. The van der Waals surface area contributed by atoms with Gasteiger partial charge >= 0.3 is 0 Å². The molecule has 1 unspecified atom stereocenters. The van der Waals surface area contributed by atoms with Crippen LogP contribution in [0.2, 0.25) is 0 Å². The van der Waals surface area contributed by atoms with E-state index in [9.17, 15) is 4.79 Å². The summed E-state index contributed by atoms with van der Waals surface area (Å²) in [7, 11) is 1.69. The number of carbonyl (C=O) groups is 1. The van der Waals surface area contributed by atoms with Crippen LogP contribution in [0.15, 0.2) is 48.5 Å². The maximum absolute atomic E-state index is 12.5. The van der Waals surface area contributed by atoms with Gasteiger partial charge < -0.3 is 15.8 Å². The van der Waals surface area contributed by atoms with E-state index in [4.69, 9.17) is 10.5 Å². The number of hydrogen-bond donors (Lipinski definition) is 2. The fourth-order valence-electron chi connectivity index (χ4n) is 3.53. The van der Waals surface area contributed by atoms with Crippen molar-refractivity contribution in [2.75, 3.05) is 32.5 Å². The number of halogens is 1. The third kappa shape index (κ3) is 5.37. The molecule has 1 atom stereocenters. The van der Waals surface area contributed by atoms with E-state index >= 15 is 0 Å². The number of para-hydroxylation sites is 1. The van der Waals surface area contributed by atoms with Gasteiger partial charge in [-0.3, -0.25) is 9.69 Å². The molecule has 0 spiro atoms. The minimum Gasteiger partial charge on any atom is -0.496 e. The van der Waals surface area contributed by atoms with Crippen LogP contribution in [0.1, 0.15) is 41.2 Å². The largest absolute Gasteiger partial charge is 0.496 e. The summed E-state index contributed by atoms with van der Waals surface area (Å²) in [6, 6.07) is 15.2. The van der Waals surface area contributed by atoms with Crippen LogP contribution in [0.3, 0.4) is 0 Å². The molecular weight excluding hydrogens is 362 g/mol. The molecule has 6 heteroatoms. The molecule has 1 saturated heterocycles. The third-order valence-electron chi connectivity index (χ3n) is 4.96. The summed E-state index contributed by atoms with van der Waals surface area (Å²) in [5, 5.41) is 3.09. The Bertz CT molecular complexity index is 730. The van der Waals surface area contributed by atoms with Crippen LogP contribution in [-0.2, 0) is 0 Å². The molecule has 3 rings (SSSR count). The van der Waals surface area contributed by atoms with E-state index in [0.717, 1.165) is 24.4 Å². The van der Waals surface area contributed by atoms with Gasteiger partial charge in [-0.1, -0.05) is 24.6 Å². The number of piperidine rings is 1. The number of nitrogens with zero attached hydrogens (tertiary/aromatic N) is 1. The Kier molecular flexibility index (Phi) is 7.95. The first kappa shape index (κ1) is 21.1. The van der Waals surface area contributed by atoms with Crippen LogP contribution in [0.4, 0.5) is 5.69 Å². The number of hydrogen-bond acceptors (Lipinski definition) is 4. The van der Waals surface area contributed by atoms with Gasteiger partial charge in [0.1, 0.15) is 5.75 Å². The number of nitrogens with two attached hydrogens (primary N) is 1. The lowest BCUT2D eigenvalue weighted by Gasteiger charge is -2.35. The van der Waals surface area contributed by atoms with Gasteiger partial charge in [-0.15, -0.1) is 12.4 Å². The Labute approximate surface area is 167 Å². The molecule has 1 fully saturated rings. The van der Waals surface area contributed by atoms with Crippen molar-refractivity contribution in [2.45, 2.75) is 25.3 Å². The number of anilines is 1. The highest BCUT2D eigenvalue weighted by Gasteiger charge is 2.25. The van der Waals surface area contributed by atoms with Gasteiger partial charge in [0.25, 0.3) is 5.91 Å². The predicted octanol–water partition coefficient (Wildman–Crippen LogP) is 3.66. The zero-order valence-electron chi connectivity index (χ0n) is 15.7. The molecule has 1 heterocycles. The van der Waals surface area contributed by atoms with Crippen LogP contribution in [-0.4, -0.2) is 37.6 Å². The van der Waals surface area contributed by atoms with Gasteiger partial charge in [-0.05, 0) is 56.3 Å². The molecule has 2 aromatic rings. The lowest BCUT2D eigenvalue weighted by molar-refractivity contribution is 0.0923. The quantitative estimate of drug-likeness (QED) is 0.740. The first-order valence-corrected chi connectivity index (χ1v) is 9.20. The molecule has 0 bridgehead atoms. The highest BCUT2D eigenvalue weighted by molar-refractivity contribution is 5.94. The van der Waals surface area contributed by atoms with Crippen molar-refractivity contribution in [1.29, 1.82) is 0 Å². The lowest BCUT2D eigenvalue weighted by atomic mass is 10.0. The minimum absolute atomic E-state index is 0. The van der Waals surface area contributed by atoms with E-state index in [1.165, 1.54) is 19.3 Å². The summed E-state index contributed by atoms with van der Waals surface area (Å²) in [4.78, 5) is 15.0. The molecule has 3 N–H and O–H groups in total. The average Bonchev–Trinajstić information content (AvgIpc) is 2.69. The Morgan fingerprint density at radius 2 is 1.78 bits per heavy atom. The van der Waals surface area contributed by atoms with Crippen molar-refractivity contribution >= 4 is 24.0 Å². The van der Waals surface area contributed by atoms with Crippen LogP contribution >= 0.6 is 12.4 Å². The Balaban J connectivity index is 0.00000261. The summed E-state index contributed by atoms with van der Waals surface area (Å²) < 4.78 is 5.57. The molecule has 1 aliphatic rings. The molecule has 0 aliphatic carbocycles. The summed E-state index contributed by atoms with van der Waals surface area (Å²) in [5.41, 5.74) is 8.10. The first-order valence-electron chi connectivity index (χ1n) is 9.20. The molecule has 5 nitrogen and oxygen atoms in total. The predicted molar refractivity (Wildman–Crippen MR) is 112 cm³/mol. The van der Waals surface area contributed by atoms with Crippen molar-refractivity contribution in [3.63, 3.8) is 0 Å². The number of methoxy groups -OCH3 is 1. The lowest BCUT2D eigenvalue weighted by Crippen LogP contribution is -2.40. The molecule has 1 amide bonds. The number of likely N-dealkylation sites (tertiary alicyclic amines) is 1. The second kappa shape index (κ2) is 10.2. The second-order valence-electron chi connectivity index (χ2n) is 6.69. The maximum Gasteiger partial charge on any atom is 0.251 e. The summed E-state index contributed by atoms with van der Waals surface area (Å²) in [5.74, 6) is 0.784. The number of ether oxygens (including phenoxy) is 1. The van der Waals surface area contributed by atoms with Gasteiger partial charge in [0.05, 0.1) is 13.2 Å².